The van der Waals surface area contributed by atoms with Crippen molar-refractivity contribution < 1.29 is 4.79 Å². The molecule has 1 aromatic heterocycles. The molecule has 0 unspecified atom stereocenters. The van der Waals surface area contributed by atoms with Gasteiger partial charge in [0.1, 0.15) is 17.5 Å². The first-order chi connectivity index (χ1) is 8.63. The second kappa shape index (κ2) is 4.90. The second-order valence-electron chi connectivity index (χ2n) is 3.64. The minimum absolute atomic E-state index is 0.280. The number of nitriles is 1. The molecule has 1 heterocycles. The molecule has 90 valence electrons. The molecule has 2 aromatic rings. The zero-order valence-electron chi connectivity index (χ0n) is 9.49. The first-order valence-electron chi connectivity index (χ1n) is 5.13. The quantitative estimate of drug-likeness (QED) is 0.870. The summed E-state index contributed by atoms with van der Waals surface area (Å²) in [6.07, 6.45) is 1.35. The summed E-state index contributed by atoms with van der Waals surface area (Å²) in [7, 11) is 0. The number of H-pyrrole nitrogens is 1. The van der Waals surface area contributed by atoms with Gasteiger partial charge in [-0.15, -0.1) is 0 Å². The van der Waals surface area contributed by atoms with Crippen LogP contribution >= 0.6 is 11.6 Å². The number of nitrogens with one attached hydrogen (secondary N) is 2. The molecule has 18 heavy (non-hydrogen) atoms. The van der Waals surface area contributed by atoms with E-state index >= 15 is 0 Å². The fourth-order valence-electron chi connectivity index (χ4n) is 1.50. The lowest BCUT2D eigenvalue weighted by molar-refractivity contribution is 0.102. The van der Waals surface area contributed by atoms with E-state index in [1.165, 1.54) is 6.20 Å². The van der Waals surface area contributed by atoms with E-state index < -0.39 is 0 Å². The highest BCUT2D eigenvalue weighted by Crippen LogP contribution is 2.20. The Labute approximate surface area is 108 Å². The van der Waals surface area contributed by atoms with Gasteiger partial charge in [0, 0.05) is 10.6 Å². The number of halogens is 1. The Morgan fingerprint density at radius 1 is 1.56 bits per heavy atom. The number of carbonyl (C=O) groups excluding carboxylic acids is 1. The van der Waals surface area contributed by atoms with Crippen LogP contribution in [0.4, 0.5) is 5.82 Å². The fraction of sp³-hybridized carbons (Fsp3) is 0.0833. The molecule has 0 spiro atoms. The van der Waals surface area contributed by atoms with Crippen LogP contribution in [-0.2, 0) is 0 Å². The van der Waals surface area contributed by atoms with Gasteiger partial charge in [-0.05, 0) is 24.6 Å². The van der Waals surface area contributed by atoms with Crippen molar-refractivity contribution in [2.45, 2.75) is 6.92 Å². The van der Waals surface area contributed by atoms with Gasteiger partial charge in [0.15, 0.2) is 0 Å². The maximum Gasteiger partial charge on any atom is 0.257 e. The van der Waals surface area contributed by atoms with E-state index in [1.807, 2.05) is 6.07 Å². The van der Waals surface area contributed by atoms with Crippen LogP contribution in [0.25, 0.3) is 0 Å². The average molecular weight is 261 g/mol. The Morgan fingerprint density at radius 3 is 3.06 bits per heavy atom. The van der Waals surface area contributed by atoms with E-state index in [-0.39, 0.29) is 17.3 Å². The third-order valence-electron chi connectivity index (χ3n) is 2.51. The number of nitrogens with zero attached hydrogens (tertiary/aromatic N) is 2. The summed E-state index contributed by atoms with van der Waals surface area (Å²) in [4.78, 5) is 12.0. The van der Waals surface area contributed by atoms with Gasteiger partial charge in [0.2, 0.25) is 0 Å². The van der Waals surface area contributed by atoms with Crippen molar-refractivity contribution >= 4 is 23.3 Å². The molecule has 5 nitrogen and oxygen atoms in total. The monoisotopic (exact) mass is 260 g/mol. The van der Waals surface area contributed by atoms with Gasteiger partial charge in [-0.1, -0.05) is 17.7 Å². The average Bonchev–Trinajstić information content (AvgIpc) is 2.79. The van der Waals surface area contributed by atoms with Crippen LogP contribution in [0.1, 0.15) is 21.5 Å². The van der Waals surface area contributed by atoms with Crippen molar-refractivity contribution in [3.8, 4) is 6.07 Å². The first-order valence-corrected chi connectivity index (χ1v) is 5.51. The molecule has 1 amide bonds. The molecule has 0 aliphatic heterocycles. The molecule has 0 fully saturated rings. The number of hydrogen-bond donors (Lipinski definition) is 2. The van der Waals surface area contributed by atoms with E-state index in [9.17, 15) is 4.79 Å². The Hall–Kier alpha value is -2.32. The van der Waals surface area contributed by atoms with Gasteiger partial charge < -0.3 is 5.32 Å². The Morgan fingerprint density at radius 2 is 2.33 bits per heavy atom. The van der Waals surface area contributed by atoms with E-state index in [0.29, 0.717) is 16.1 Å². The van der Waals surface area contributed by atoms with E-state index in [1.54, 1.807) is 25.1 Å². The van der Waals surface area contributed by atoms with E-state index in [4.69, 9.17) is 16.9 Å². The van der Waals surface area contributed by atoms with Crippen molar-refractivity contribution in [2.24, 2.45) is 0 Å². The molecule has 0 aliphatic carbocycles. The number of aromatic amines is 1. The van der Waals surface area contributed by atoms with Crippen molar-refractivity contribution in [3.63, 3.8) is 0 Å². The largest absolute Gasteiger partial charge is 0.306 e. The molecule has 6 heteroatoms. The first kappa shape index (κ1) is 12.1. The van der Waals surface area contributed by atoms with Crippen molar-refractivity contribution in [2.75, 3.05) is 5.32 Å². The lowest BCUT2D eigenvalue weighted by Crippen LogP contribution is -2.14. The van der Waals surface area contributed by atoms with Gasteiger partial charge in [-0.2, -0.15) is 10.4 Å². The fourth-order valence-corrected chi connectivity index (χ4v) is 1.68. The zero-order valence-corrected chi connectivity index (χ0v) is 10.2. The summed E-state index contributed by atoms with van der Waals surface area (Å²) in [6, 6.07) is 7.00. The lowest BCUT2D eigenvalue weighted by atomic mass is 10.1. The Kier molecular flexibility index (Phi) is 3.31. The molecular weight excluding hydrogens is 252 g/mol. The number of anilines is 1. The maximum atomic E-state index is 12.0. The third kappa shape index (κ3) is 2.19. The predicted molar refractivity (Wildman–Crippen MR) is 67.4 cm³/mol. The minimum Gasteiger partial charge on any atom is -0.306 e. The normalized spacial score (nSPS) is 9.83. The van der Waals surface area contributed by atoms with Crippen LogP contribution in [0.15, 0.2) is 24.4 Å². The van der Waals surface area contributed by atoms with E-state index in [0.717, 1.165) is 0 Å². The third-order valence-corrected chi connectivity index (χ3v) is 2.92. The highest BCUT2D eigenvalue weighted by Gasteiger charge is 2.13. The molecule has 0 bridgehead atoms. The SMILES string of the molecule is Cc1c(Cl)cccc1C(=O)Nc1[nH]ncc1C#N. The number of hydrogen-bond acceptors (Lipinski definition) is 3. The number of rotatable bonds is 2. The summed E-state index contributed by atoms with van der Waals surface area (Å²) in [5, 5.41) is 18.2. The summed E-state index contributed by atoms with van der Waals surface area (Å²) in [5.74, 6) is -0.0578. The minimum atomic E-state index is -0.337. The van der Waals surface area contributed by atoms with Gasteiger partial charge in [0.25, 0.3) is 5.91 Å². The lowest BCUT2D eigenvalue weighted by Gasteiger charge is -2.07. The molecule has 0 radical (unpaired) electrons. The molecule has 2 rings (SSSR count). The van der Waals surface area contributed by atoms with Gasteiger partial charge in [0.05, 0.1) is 6.20 Å². The highest BCUT2D eigenvalue weighted by atomic mass is 35.5. The van der Waals surface area contributed by atoms with E-state index in [2.05, 4.69) is 15.5 Å². The summed E-state index contributed by atoms with van der Waals surface area (Å²) in [5.41, 5.74) is 1.43. The number of carbonyl (C=O) groups is 1. The standard InChI is InChI=1S/C12H9ClN4O/c1-7-9(3-2-4-10(7)13)12(18)16-11-8(5-14)6-15-17-11/h2-4,6H,1H3,(H2,15,16,17,18). The molecule has 2 N–H and O–H groups in total. The van der Waals surface area contributed by atoms with Crippen molar-refractivity contribution in [3.05, 3.63) is 46.1 Å². The summed E-state index contributed by atoms with van der Waals surface area (Å²) < 4.78 is 0. The number of benzene rings is 1. The topological polar surface area (TPSA) is 81.6 Å². The van der Waals surface area contributed by atoms with Crippen LogP contribution in [0, 0.1) is 18.3 Å². The molecule has 0 atom stereocenters. The molecule has 0 saturated heterocycles. The van der Waals surface area contributed by atoms with Gasteiger partial charge in [-0.3, -0.25) is 9.89 Å². The van der Waals surface area contributed by atoms with Crippen LogP contribution < -0.4 is 5.32 Å². The van der Waals surface area contributed by atoms with Crippen LogP contribution in [0.2, 0.25) is 5.02 Å². The molecule has 0 saturated carbocycles. The van der Waals surface area contributed by atoms with Crippen molar-refractivity contribution in [1.82, 2.24) is 10.2 Å². The van der Waals surface area contributed by atoms with Crippen LogP contribution in [0.3, 0.4) is 0 Å². The summed E-state index contributed by atoms with van der Waals surface area (Å²) in [6.45, 7) is 1.76. The van der Waals surface area contributed by atoms with Crippen LogP contribution in [-0.4, -0.2) is 16.1 Å². The maximum absolute atomic E-state index is 12.0. The number of aromatic nitrogens is 2. The zero-order chi connectivity index (χ0) is 13.1. The summed E-state index contributed by atoms with van der Waals surface area (Å²) >= 11 is 5.95. The molecule has 1 aromatic carbocycles. The Balaban J connectivity index is 2.29. The molecular formula is C12H9ClN4O. The van der Waals surface area contributed by atoms with Crippen LogP contribution in [0.5, 0.6) is 0 Å². The van der Waals surface area contributed by atoms with Gasteiger partial charge in [-0.25, -0.2) is 0 Å². The number of amides is 1. The molecule has 0 aliphatic rings. The smallest absolute Gasteiger partial charge is 0.257 e. The second-order valence-corrected chi connectivity index (χ2v) is 4.04. The Bertz CT molecular complexity index is 642. The predicted octanol–water partition coefficient (Wildman–Crippen LogP) is 2.50. The van der Waals surface area contributed by atoms with Crippen molar-refractivity contribution in [1.29, 1.82) is 5.26 Å². The highest BCUT2D eigenvalue weighted by molar-refractivity contribution is 6.32. The van der Waals surface area contributed by atoms with Gasteiger partial charge >= 0.3 is 0 Å².